The summed E-state index contributed by atoms with van der Waals surface area (Å²) in [5.74, 6) is 0. The second kappa shape index (κ2) is 3.91. The minimum Gasteiger partial charge on any atom is -0.391 e. The summed E-state index contributed by atoms with van der Waals surface area (Å²) in [6, 6.07) is 3.87. The minimum absolute atomic E-state index is 0.0988. The highest BCUT2D eigenvalue weighted by Gasteiger charge is 2.02. The Morgan fingerprint density at radius 3 is 3.08 bits per heavy atom. The van der Waals surface area contributed by atoms with Crippen molar-refractivity contribution in [2.75, 3.05) is 0 Å². The van der Waals surface area contributed by atoms with Crippen LogP contribution < -0.4 is 0 Å². The predicted octanol–water partition coefficient (Wildman–Crippen LogP) is 1.51. The molecule has 0 radical (unpaired) electrons. The van der Waals surface area contributed by atoms with Gasteiger partial charge in [-0.3, -0.25) is 5.10 Å². The third-order valence-corrected chi connectivity index (χ3v) is 3.47. The largest absolute Gasteiger partial charge is 0.391 e. The molecule has 2 aromatic rings. The molecule has 0 saturated carbocycles. The summed E-state index contributed by atoms with van der Waals surface area (Å²) < 4.78 is 1.10. The summed E-state index contributed by atoms with van der Waals surface area (Å²) in [6.07, 6.45) is 1.48. The quantitative estimate of drug-likeness (QED) is 0.811. The van der Waals surface area contributed by atoms with Crippen LogP contribution in [-0.4, -0.2) is 20.3 Å². The van der Waals surface area contributed by atoms with Gasteiger partial charge in [0.2, 0.25) is 0 Å². The number of rotatable bonds is 3. The van der Waals surface area contributed by atoms with Gasteiger partial charge in [-0.1, -0.05) is 0 Å². The van der Waals surface area contributed by atoms with E-state index in [1.807, 2.05) is 12.1 Å². The first kappa shape index (κ1) is 8.74. The van der Waals surface area contributed by atoms with E-state index in [0.717, 1.165) is 14.2 Å². The fraction of sp³-hybridized carbons (Fsp3) is 0.143. The number of aliphatic hydroxyl groups is 1. The Morgan fingerprint density at radius 1 is 1.54 bits per heavy atom. The molecule has 0 aromatic carbocycles. The number of aliphatic hydroxyl groups excluding tert-OH is 1. The van der Waals surface area contributed by atoms with Crippen molar-refractivity contribution in [1.82, 2.24) is 15.2 Å². The topological polar surface area (TPSA) is 61.8 Å². The van der Waals surface area contributed by atoms with Crippen LogP contribution in [0.15, 0.2) is 27.8 Å². The molecular formula is C7H7N3OS2. The van der Waals surface area contributed by atoms with Crippen LogP contribution in [-0.2, 0) is 6.61 Å². The molecular weight excluding hydrogens is 206 g/mol. The van der Waals surface area contributed by atoms with Crippen LogP contribution in [0.1, 0.15) is 4.88 Å². The van der Waals surface area contributed by atoms with Gasteiger partial charge in [0.1, 0.15) is 6.33 Å². The first-order valence-corrected chi connectivity index (χ1v) is 5.24. The Labute approximate surface area is 83.0 Å². The second-order valence-electron chi connectivity index (χ2n) is 2.27. The zero-order valence-electron chi connectivity index (χ0n) is 6.60. The van der Waals surface area contributed by atoms with Crippen LogP contribution in [0.2, 0.25) is 0 Å². The molecule has 0 aliphatic carbocycles. The van der Waals surface area contributed by atoms with Crippen LogP contribution in [0.5, 0.6) is 0 Å². The van der Waals surface area contributed by atoms with Crippen LogP contribution >= 0.6 is 23.1 Å². The summed E-state index contributed by atoms with van der Waals surface area (Å²) in [7, 11) is 0. The number of aromatic nitrogens is 3. The summed E-state index contributed by atoms with van der Waals surface area (Å²) in [6.45, 7) is 0.0988. The number of aromatic amines is 1. The van der Waals surface area contributed by atoms with E-state index in [2.05, 4.69) is 15.2 Å². The molecule has 0 aliphatic heterocycles. The lowest BCUT2D eigenvalue weighted by molar-refractivity contribution is 0.285. The molecule has 2 heterocycles. The van der Waals surface area contributed by atoms with Gasteiger partial charge in [0.25, 0.3) is 0 Å². The number of nitrogens with one attached hydrogen (secondary N) is 1. The van der Waals surface area contributed by atoms with E-state index < -0.39 is 0 Å². The lowest BCUT2D eigenvalue weighted by Gasteiger charge is -1.89. The highest BCUT2D eigenvalue weighted by Crippen LogP contribution is 2.30. The van der Waals surface area contributed by atoms with Crippen molar-refractivity contribution in [3.8, 4) is 0 Å². The molecule has 2 N–H and O–H groups in total. The van der Waals surface area contributed by atoms with Crippen LogP contribution in [0.3, 0.4) is 0 Å². The van der Waals surface area contributed by atoms with Gasteiger partial charge in [0.05, 0.1) is 10.8 Å². The minimum atomic E-state index is 0.0988. The molecule has 2 aromatic heterocycles. The zero-order chi connectivity index (χ0) is 9.10. The van der Waals surface area contributed by atoms with Crippen molar-refractivity contribution < 1.29 is 5.11 Å². The van der Waals surface area contributed by atoms with Crippen molar-refractivity contribution in [3.05, 3.63) is 23.3 Å². The molecule has 0 spiro atoms. The van der Waals surface area contributed by atoms with Gasteiger partial charge in [-0.05, 0) is 23.9 Å². The van der Waals surface area contributed by atoms with Gasteiger partial charge < -0.3 is 5.11 Å². The van der Waals surface area contributed by atoms with Crippen LogP contribution in [0.25, 0.3) is 0 Å². The standard InChI is InChI=1S/C7H7N3OS2/c11-3-5-1-2-6(12-5)13-7-8-4-9-10-7/h1-2,4,11H,3H2,(H,8,9,10). The van der Waals surface area contributed by atoms with Crippen molar-refractivity contribution in [2.24, 2.45) is 0 Å². The predicted molar refractivity (Wildman–Crippen MR) is 50.7 cm³/mol. The number of H-pyrrole nitrogens is 1. The van der Waals surface area contributed by atoms with E-state index in [1.165, 1.54) is 18.1 Å². The summed E-state index contributed by atoms with van der Waals surface area (Å²) in [4.78, 5) is 4.95. The average molecular weight is 213 g/mol. The molecule has 0 unspecified atom stereocenters. The molecule has 0 aliphatic rings. The Morgan fingerprint density at radius 2 is 2.46 bits per heavy atom. The van der Waals surface area contributed by atoms with Gasteiger partial charge in [0.15, 0.2) is 5.16 Å². The molecule has 0 amide bonds. The lowest BCUT2D eigenvalue weighted by Crippen LogP contribution is -1.72. The monoisotopic (exact) mass is 213 g/mol. The maximum absolute atomic E-state index is 8.84. The zero-order valence-corrected chi connectivity index (χ0v) is 8.23. The number of hydrogen-bond donors (Lipinski definition) is 2. The Kier molecular flexibility index (Phi) is 2.62. The maximum atomic E-state index is 8.84. The second-order valence-corrected chi connectivity index (χ2v) is 4.73. The third-order valence-electron chi connectivity index (χ3n) is 1.38. The van der Waals surface area contributed by atoms with E-state index in [4.69, 9.17) is 5.11 Å². The molecule has 0 atom stereocenters. The van der Waals surface area contributed by atoms with Gasteiger partial charge in [-0.2, -0.15) is 5.10 Å². The Bertz CT molecular complexity index is 371. The highest BCUT2D eigenvalue weighted by molar-refractivity contribution is 8.01. The molecule has 68 valence electrons. The lowest BCUT2D eigenvalue weighted by atomic mass is 10.5. The molecule has 0 fully saturated rings. The van der Waals surface area contributed by atoms with Gasteiger partial charge in [-0.15, -0.1) is 11.3 Å². The third kappa shape index (κ3) is 2.09. The van der Waals surface area contributed by atoms with Gasteiger partial charge >= 0.3 is 0 Å². The first-order valence-electron chi connectivity index (χ1n) is 3.61. The van der Waals surface area contributed by atoms with E-state index in [-0.39, 0.29) is 6.61 Å². The summed E-state index contributed by atoms with van der Waals surface area (Å²) >= 11 is 3.06. The smallest absolute Gasteiger partial charge is 0.189 e. The molecule has 13 heavy (non-hydrogen) atoms. The van der Waals surface area contributed by atoms with Crippen molar-refractivity contribution >= 4 is 23.1 Å². The molecule has 6 heteroatoms. The van der Waals surface area contributed by atoms with E-state index >= 15 is 0 Å². The van der Waals surface area contributed by atoms with Crippen molar-refractivity contribution in [3.63, 3.8) is 0 Å². The molecule has 2 rings (SSSR count). The Hall–Kier alpha value is -0.850. The molecule has 0 saturated heterocycles. The highest BCUT2D eigenvalue weighted by atomic mass is 32.2. The van der Waals surface area contributed by atoms with Crippen LogP contribution in [0.4, 0.5) is 0 Å². The van der Waals surface area contributed by atoms with Gasteiger partial charge in [0, 0.05) is 4.88 Å². The number of hydrogen-bond acceptors (Lipinski definition) is 5. The van der Waals surface area contributed by atoms with E-state index in [9.17, 15) is 0 Å². The van der Waals surface area contributed by atoms with Crippen molar-refractivity contribution in [2.45, 2.75) is 16.0 Å². The summed E-state index contributed by atoms with van der Waals surface area (Å²) in [5.41, 5.74) is 0. The van der Waals surface area contributed by atoms with E-state index in [0.29, 0.717) is 0 Å². The molecule has 4 nitrogen and oxygen atoms in total. The van der Waals surface area contributed by atoms with Crippen molar-refractivity contribution in [1.29, 1.82) is 0 Å². The average Bonchev–Trinajstić information content (AvgIpc) is 2.76. The number of nitrogens with zero attached hydrogens (tertiary/aromatic N) is 2. The Balaban J connectivity index is 2.10. The number of thiophene rings is 1. The molecule has 0 bridgehead atoms. The normalized spacial score (nSPS) is 10.5. The summed E-state index contributed by atoms with van der Waals surface area (Å²) in [5, 5.41) is 16.1. The van der Waals surface area contributed by atoms with Crippen LogP contribution in [0, 0.1) is 0 Å². The van der Waals surface area contributed by atoms with E-state index in [1.54, 1.807) is 11.3 Å². The first-order chi connectivity index (χ1) is 6.38. The van der Waals surface area contributed by atoms with Gasteiger partial charge in [-0.25, -0.2) is 4.98 Å². The fourth-order valence-electron chi connectivity index (χ4n) is 0.837. The fourth-order valence-corrected chi connectivity index (χ4v) is 2.68. The maximum Gasteiger partial charge on any atom is 0.189 e. The SMILES string of the molecule is OCc1ccc(Sc2ncn[nH]2)s1.